The molecule has 12 nitrogen and oxygen atoms in total. The van der Waals surface area contributed by atoms with Gasteiger partial charge < -0.3 is 0 Å². The molecule has 366 valence electrons. The molecule has 0 aliphatic carbocycles. The molecule has 6 aliphatic rings. The highest BCUT2D eigenvalue weighted by Gasteiger charge is 2.38. The second kappa shape index (κ2) is 26.8. The third kappa shape index (κ3) is 17.2. The first-order valence-electron chi connectivity index (χ1n) is 24.3. The van der Waals surface area contributed by atoms with Crippen LogP contribution in [0.25, 0.3) is 0 Å². The number of Topliss-reactive ketones (excluding diaryl/α,β-unsaturated/α-hetero) is 6. The van der Waals surface area contributed by atoms with Gasteiger partial charge in [-0.25, -0.2) is 0 Å². The molecule has 15 unspecified atom stereocenters. The quantitative estimate of drug-likeness (QED) is 0.284. The largest absolute Gasteiger partial charge is 0.298 e. The first-order valence-corrected chi connectivity index (χ1v) is 24.3. The van der Waals surface area contributed by atoms with Crippen molar-refractivity contribution in [2.45, 2.75) is 197 Å². The topological polar surface area (TPSA) is 122 Å². The lowest BCUT2D eigenvalue weighted by Crippen LogP contribution is -2.37. The Kier molecular flexibility index (Phi) is 25.0. The molecule has 15 atom stereocenters. The number of carbonyl (C=O) groups is 6. The summed E-state index contributed by atoms with van der Waals surface area (Å²) in [5, 5.41) is 0. The van der Waals surface area contributed by atoms with E-state index in [0.29, 0.717) is 88.3 Å². The van der Waals surface area contributed by atoms with E-state index in [-0.39, 0.29) is 36.3 Å². The molecule has 0 aromatic heterocycles. The van der Waals surface area contributed by atoms with Gasteiger partial charge in [-0.2, -0.15) is 0 Å². The van der Waals surface area contributed by atoms with E-state index in [2.05, 4.69) is 91.7 Å². The zero-order valence-electron chi connectivity index (χ0n) is 44.2. The van der Waals surface area contributed by atoms with E-state index in [0.717, 1.165) is 45.3 Å². The van der Waals surface area contributed by atoms with E-state index in [1.165, 1.54) is 12.8 Å². The molecule has 0 saturated carbocycles. The molecule has 0 amide bonds. The summed E-state index contributed by atoms with van der Waals surface area (Å²) in [6, 6.07) is 2.84. The summed E-state index contributed by atoms with van der Waals surface area (Å²) >= 11 is 0. The molecule has 6 rings (SSSR count). The van der Waals surface area contributed by atoms with Crippen LogP contribution in [0.15, 0.2) is 0 Å². The molecule has 0 radical (unpaired) electrons. The van der Waals surface area contributed by atoms with Crippen LogP contribution in [0.1, 0.15) is 142 Å². The van der Waals surface area contributed by atoms with Gasteiger partial charge in [-0.1, -0.05) is 41.5 Å². The molecule has 12 heteroatoms. The third-order valence-corrected chi connectivity index (χ3v) is 15.8. The number of ketones is 6. The molecular weight excluding hydrogens is 793 g/mol. The first kappa shape index (κ1) is 58.8. The second-order valence-electron chi connectivity index (χ2n) is 21.3. The number of carbonyl (C=O) groups excluding carboxylic acids is 6. The minimum Gasteiger partial charge on any atom is -0.298 e. The zero-order chi connectivity index (χ0) is 49.0. The van der Waals surface area contributed by atoms with Crippen LogP contribution in [-0.4, -0.2) is 180 Å². The van der Waals surface area contributed by atoms with Crippen molar-refractivity contribution in [1.29, 1.82) is 0 Å². The van der Waals surface area contributed by atoms with E-state index >= 15 is 0 Å². The van der Waals surface area contributed by atoms with Gasteiger partial charge in [0.05, 0.1) is 36.3 Å². The molecule has 6 heterocycles. The lowest BCUT2D eigenvalue weighted by molar-refractivity contribution is -0.122. The minimum atomic E-state index is 0.171. The Bertz CT molecular complexity index is 1430. The zero-order valence-corrected chi connectivity index (χ0v) is 44.2. The molecule has 0 spiro atoms. The van der Waals surface area contributed by atoms with Crippen molar-refractivity contribution < 1.29 is 28.8 Å². The molecular formula is C51H96N6O6. The summed E-state index contributed by atoms with van der Waals surface area (Å²) in [5.41, 5.74) is 0. The summed E-state index contributed by atoms with van der Waals surface area (Å²) in [6.07, 6.45) is 6.62. The molecule has 6 fully saturated rings. The van der Waals surface area contributed by atoms with Crippen molar-refractivity contribution in [3.63, 3.8) is 0 Å². The average molecular weight is 889 g/mol. The minimum absolute atomic E-state index is 0.171. The van der Waals surface area contributed by atoms with E-state index in [1.54, 1.807) is 41.5 Å². The Labute approximate surface area is 386 Å². The molecule has 6 saturated heterocycles. The highest BCUT2D eigenvalue weighted by atomic mass is 16.1. The number of likely N-dealkylation sites (N-methyl/N-ethyl adjacent to an activating group) is 6. The first-order chi connectivity index (χ1) is 29.0. The maximum absolute atomic E-state index is 11.2. The van der Waals surface area contributed by atoms with Crippen LogP contribution in [0.4, 0.5) is 0 Å². The Balaban J connectivity index is 0.000000378. The maximum Gasteiger partial charge on any atom is 0.147 e. The van der Waals surface area contributed by atoms with Gasteiger partial charge in [-0.3, -0.25) is 58.2 Å². The molecule has 0 bridgehead atoms. The highest BCUT2D eigenvalue weighted by molar-refractivity contribution is 5.84. The van der Waals surface area contributed by atoms with Crippen LogP contribution in [-0.2, 0) is 28.8 Å². The molecule has 0 aromatic rings. The van der Waals surface area contributed by atoms with Crippen molar-refractivity contribution in [1.82, 2.24) is 29.4 Å². The number of hydrogen-bond donors (Lipinski definition) is 0. The van der Waals surface area contributed by atoms with Gasteiger partial charge >= 0.3 is 0 Å². The van der Waals surface area contributed by atoms with Gasteiger partial charge in [0.15, 0.2) is 0 Å². The maximum atomic E-state index is 11.2. The van der Waals surface area contributed by atoms with E-state index in [1.807, 2.05) is 42.3 Å². The third-order valence-electron chi connectivity index (χ3n) is 15.8. The molecule has 0 aromatic carbocycles. The fraction of sp³-hybridized carbons (Fsp3) is 0.882. The van der Waals surface area contributed by atoms with Crippen molar-refractivity contribution in [2.24, 2.45) is 35.5 Å². The lowest BCUT2D eigenvalue weighted by Gasteiger charge is -2.22. The monoisotopic (exact) mass is 889 g/mol. The van der Waals surface area contributed by atoms with Crippen molar-refractivity contribution in [3.8, 4) is 0 Å². The summed E-state index contributed by atoms with van der Waals surface area (Å²) in [4.78, 5) is 79.4. The van der Waals surface area contributed by atoms with Gasteiger partial charge in [0, 0.05) is 31.2 Å². The Morgan fingerprint density at radius 2 is 0.889 bits per heavy atom. The smallest absolute Gasteiger partial charge is 0.147 e. The predicted octanol–water partition coefficient (Wildman–Crippen LogP) is 6.66. The molecule has 6 aliphatic heterocycles. The fourth-order valence-corrected chi connectivity index (χ4v) is 11.4. The van der Waals surface area contributed by atoms with Crippen LogP contribution < -0.4 is 0 Å². The Morgan fingerprint density at radius 1 is 0.381 bits per heavy atom. The second-order valence-corrected chi connectivity index (χ2v) is 21.3. The average Bonchev–Trinajstić information content (AvgIpc) is 3.98. The number of rotatable bonds is 6. The number of hydrogen-bond acceptors (Lipinski definition) is 12. The van der Waals surface area contributed by atoms with Crippen LogP contribution in [0.3, 0.4) is 0 Å². The fourth-order valence-electron chi connectivity index (χ4n) is 11.4. The van der Waals surface area contributed by atoms with Crippen molar-refractivity contribution in [3.05, 3.63) is 0 Å². The van der Waals surface area contributed by atoms with Crippen molar-refractivity contribution in [2.75, 3.05) is 61.9 Å². The Morgan fingerprint density at radius 3 is 1.08 bits per heavy atom. The van der Waals surface area contributed by atoms with E-state index < -0.39 is 0 Å². The van der Waals surface area contributed by atoms with Crippen LogP contribution >= 0.6 is 0 Å². The van der Waals surface area contributed by atoms with Crippen LogP contribution in [0, 0.1) is 35.5 Å². The number of nitrogens with zero attached hydrogens (tertiary/aromatic N) is 6. The van der Waals surface area contributed by atoms with Gasteiger partial charge in [0.1, 0.15) is 34.7 Å². The van der Waals surface area contributed by atoms with Gasteiger partial charge in [0.2, 0.25) is 0 Å². The summed E-state index contributed by atoms with van der Waals surface area (Å²) in [5.74, 6) is 5.50. The van der Waals surface area contributed by atoms with Gasteiger partial charge in [-0.15, -0.1) is 0 Å². The number of likely N-dealkylation sites (tertiary alicyclic amines) is 6. The lowest BCUT2D eigenvalue weighted by atomic mass is 9.92. The van der Waals surface area contributed by atoms with Crippen LogP contribution in [0.2, 0.25) is 0 Å². The summed E-state index contributed by atoms with van der Waals surface area (Å²) < 4.78 is 0. The summed E-state index contributed by atoms with van der Waals surface area (Å²) in [7, 11) is 12.2. The Hall–Kier alpha value is -2.22. The van der Waals surface area contributed by atoms with Crippen LogP contribution in [0.5, 0.6) is 0 Å². The van der Waals surface area contributed by atoms with Gasteiger partial charge in [-0.05, 0) is 185 Å². The van der Waals surface area contributed by atoms with E-state index in [4.69, 9.17) is 0 Å². The molecule has 63 heavy (non-hydrogen) atoms. The summed E-state index contributed by atoms with van der Waals surface area (Å²) in [6.45, 7) is 32.9. The predicted molar refractivity (Wildman–Crippen MR) is 259 cm³/mol. The van der Waals surface area contributed by atoms with Crippen molar-refractivity contribution >= 4 is 34.7 Å². The SMILES string of the molecule is CC(=O)C1C(C)C(C)CN1C.CC(=O)C1C(C)CC(C)N1C.CC(=O)C1C(C)CCN1C.CC(=O)C1CC(C)C(C)N1C.CC(=O)C1CC(C)CN1C.CC(=O)C1CCC(C)N1C. The molecule has 0 N–H and O–H groups in total. The normalized spacial score (nSPS) is 37.2. The highest BCUT2D eigenvalue weighted by Crippen LogP contribution is 2.30. The van der Waals surface area contributed by atoms with Gasteiger partial charge in [0.25, 0.3) is 0 Å². The standard InChI is InChI=1S/3C9H17NO.3C8H15NO/c1-6-5-10(4)9(7(6)2)8(3)11;1-6-5-9(8(3)11)10(4)7(6)2;1-6-5-7(2)10(4)9(6)8(3)11;1-6-4-8(7(2)10)9(3)5-6;1-6-4-5-9(3)8(6)7(2)10;1-6-4-5-8(7(2)10)9(6)3/h3*6-7,9H,5H2,1-4H3;3*6,8H,4-5H2,1-3H3. The van der Waals surface area contributed by atoms with E-state index in [9.17, 15) is 28.8 Å².